The molecule has 1 aromatic rings. The van der Waals surface area contributed by atoms with Gasteiger partial charge in [0.05, 0.1) is 5.92 Å². The second kappa shape index (κ2) is 6.19. The summed E-state index contributed by atoms with van der Waals surface area (Å²) < 4.78 is 0. The second-order valence-corrected chi connectivity index (χ2v) is 7.29. The van der Waals surface area contributed by atoms with Gasteiger partial charge >= 0.3 is 5.97 Å². The van der Waals surface area contributed by atoms with E-state index in [9.17, 15) is 9.90 Å². The maximum Gasteiger partial charge on any atom is 0.308 e. The average Bonchev–Trinajstić information content (AvgIpc) is 2.81. The van der Waals surface area contributed by atoms with Crippen LogP contribution in [-0.4, -0.2) is 54.1 Å². The van der Waals surface area contributed by atoms with Crippen molar-refractivity contribution in [2.45, 2.75) is 19.4 Å². The number of halogens is 1. The highest BCUT2D eigenvalue weighted by atomic mass is 35.5. The van der Waals surface area contributed by atoms with E-state index < -0.39 is 5.97 Å². The number of likely N-dealkylation sites (tertiary alicyclic amines) is 2. The molecule has 1 spiro atoms. The normalized spacial score (nSPS) is 25.6. The fourth-order valence-corrected chi connectivity index (χ4v) is 4.21. The Hall–Kier alpha value is -1.10. The molecule has 0 radical (unpaired) electrons. The van der Waals surface area contributed by atoms with Gasteiger partial charge in [-0.15, -0.1) is 0 Å². The molecule has 0 aromatic heterocycles. The summed E-state index contributed by atoms with van der Waals surface area (Å²) in [5.74, 6) is -0.890. The van der Waals surface area contributed by atoms with E-state index in [2.05, 4.69) is 22.9 Å². The first kappa shape index (κ1) is 15.8. The van der Waals surface area contributed by atoms with Crippen LogP contribution in [0.15, 0.2) is 24.3 Å². The highest BCUT2D eigenvalue weighted by Crippen LogP contribution is 2.45. The second-order valence-electron chi connectivity index (χ2n) is 6.86. The average molecular weight is 323 g/mol. The molecule has 1 N–H and O–H groups in total. The van der Waals surface area contributed by atoms with E-state index in [4.69, 9.17) is 11.6 Å². The highest BCUT2D eigenvalue weighted by Gasteiger charge is 2.50. The lowest BCUT2D eigenvalue weighted by Gasteiger charge is -2.40. The Morgan fingerprint density at radius 1 is 1.41 bits per heavy atom. The van der Waals surface area contributed by atoms with E-state index in [1.807, 2.05) is 18.2 Å². The number of benzene rings is 1. The van der Waals surface area contributed by atoms with Crippen molar-refractivity contribution in [3.8, 4) is 0 Å². The third-order valence-electron chi connectivity index (χ3n) is 5.29. The lowest BCUT2D eigenvalue weighted by atomic mass is 9.71. The van der Waals surface area contributed by atoms with Crippen LogP contribution in [0.4, 0.5) is 0 Å². The van der Waals surface area contributed by atoms with E-state index in [0.717, 1.165) is 49.6 Å². The molecule has 5 heteroatoms. The zero-order valence-electron chi connectivity index (χ0n) is 13.0. The molecule has 2 aliphatic heterocycles. The minimum absolute atomic E-state index is 0.0586. The van der Waals surface area contributed by atoms with Crippen molar-refractivity contribution in [2.24, 2.45) is 11.3 Å². The lowest BCUT2D eigenvalue weighted by Crippen LogP contribution is -2.44. The minimum Gasteiger partial charge on any atom is -0.481 e. The summed E-state index contributed by atoms with van der Waals surface area (Å²) >= 11 is 6.05. The van der Waals surface area contributed by atoms with E-state index in [1.54, 1.807) is 0 Å². The molecule has 0 amide bonds. The van der Waals surface area contributed by atoms with Crippen molar-refractivity contribution in [3.63, 3.8) is 0 Å². The van der Waals surface area contributed by atoms with Gasteiger partial charge in [0.15, 0.2) is 0 Å². The number of carboxylic acid groups (broad SMARTS) is 1. The van der Waals surface area contributed by atoms with Crippen molar-refractivity contribution in [1.29, 1.82) is 0 Å². The number of carboxylic acids is 1. The zero-order valence-corrected chi connectivity index (χ0v) is 13.7. The third kappa shape index (κ3) is 3.14. The van der Waals surface area contributed by atoms with Gasteiger partial charge in [-0.3, -0.25) is 9.69 Å². The number of carbonyl (C=O) groups is 1. The quantitative estimate of drug-likeness (QED) is 0.929. The number of hydrogen-bond donors (Lipinski definition) is 1. The van der Waals surface area contributed by atoms with E-state index in [1.165, 1.54) is 0 Å². The molecule has 2 fully saturated rings. The first-order valence-electron chi connectivity index (χ1n) is 7.87. The largest absolute Gasteiger partial charge is 0.481 e. The van der Waals surface area contributed by atoms with Crippen molar-refractivity contribution >= 4 is 17.6 Å². The van der Waals surface area contributed by atoms with Crippen molar-refractivity contribution in [2.75, 3.05) is 33.2 Å². The van der Waals surface area contributed by atoms with Crippen LogP contribution in [0.2, 0.25) is 5.02 Å². The van der Waals surface area contributed by atoms with Crippen molar-refractivity contribution < 1.29 is 9.90 Å². The standard InChI is InChI=1S/C17H23ClN2O2/c1-19-7-5-17(6-8-19)12-20(11-15(17)16(21)22)10-13-3-2-4-14(18)9-13/h2-4,9,15H,5-8,10-12H2,1H3,(H,21,22)/t15-/m1/s1. The number of nitrogens with zero attached hydrogens (tertiary/aromatic N) is 2. The lowest BCUT2D eigenvalue weighted by molar-refractivity contribution is -0.145. The number of aliphatic carboxylic acids is 1. The van der Waals surface area contributed by atoms with Crippen LogP contribution < -0.4 is 0 Å². The van der Waals surface area contributed by atoms with Gasteiger partial charge in [-0.05, 0) is 50.7 Å². The van der Waals surface area contributed by atoms with Gasteiger partial charge in [-0.2, -0.15) is 0 Å². The molecule has 0 aliphatic carbocycles. The summed E-state index contributed by atoms with van der Waals surface area (Å²) in [4.78, 5) is 16.3. The van der Waals surface area contributed by atoms with Gasteiger partial charge in [0.1, 0.15) is 0 Å². The first-order valence-corrected chi connectivity index (χ1v) is 8.24. The molecule has 2 heterocycles. The van der Waals surface area contributed by atoms with Crippen LogP contribution in [0.5, 0.6) is 0 Å². The first-order chi connectivity index (χ1) is 10.5. The van der Waals surface area contributed by atoms with Gasteiger partial charge in [0.2, 0.25) is 0 Å². The number of piperidine rings is 1. The Labute approximate surface area is 136 Å². The van der Waals surface area contributed by atoms with Gasteiger partial charge in [-0.25, -0.2) is 0 Å². The molecule has 0 unspecified atom stereocenters. The smallest absolute Gasteiger partial charge is 0.308 e. The van der Waals surface area contributed by atoms with E-state index in [0.29, 0.717) is 6.54 Å². The van der Waals surface area contributed by atoms with Gasteiger partial charge in [0.25, 0.3) is 0 Å². The Bertz CT molecular complexity index is 555. The molecular weight excluding hydrogens is 300 g/mol. The van der Waals surface area contributed by atoms with Gasteiger partial charge < -0.3 is 10.0 Å². The molecular formula is C17H23ClN2O2. The monoisotopic (exact) mass is 322 g/mol. The van der Waals surface area contributed by atoms with Crippen LogP contribution in [-0.2, 0) is 11.3 Å². The summed E-state index contributed by atoms with van der Waals surface area (Å²) in [6, 6.07) is 7.85. The number of hydrogen-bond acceptors (Lipinski definition) is 3. The van der Waals surface area contributed by atoms with Crippen LogP contribution in [0.3, 0.4) is 0 Å². The van der Waals surface area contributed by atoms with Crippen molar-refractivity contribution in [1.82, 2.24) is 9.80 Å². The molecule has 1 aromatic carbocycles. The Morgan fingerprint density at radius 3 is 2.77 bits per heavy atom. The molecule has 22 heavy (non-hydrogen) atoms. The highest BCUT2D eigenvalue weighted by molar-refractivity contribution is 6.30. The van der Waals surface area contributed by atoms with E-state index in [-0.39, 0.29) is 11.3 Å². The molecule has 4 nitrogen and oxygen atoms in total. The van der Waals surface area contributed by atoms with Crippen LogP contribution in [0.25, 0.3) is 0 Å². The molecule has 0 bridgehead atoms. The van der Waals surface area contributed by atoms with Gasteiger partial charge in [-0.1, -0.05) is 23.7 Å². The molecule has 0 saturated carbocycles. The fraction of sp³-hybridized carbons (Fsp3) is 0.588. The Morgan fingerprint density at radius 2 is 2.14 bits per heavy atom. The molecule has 1 atom stereocenters. The molecule has 2 aliphatic rings. The summed E-state index contributed by atoms with van der Waals surface area (Å²) in [6.07, 6.45) is 1.96. The summed E-state index contributed by atoms with van der Waals surface area (Å²) in [5.41, 5.74) is 1.10. The summed E-state index contributed by atoms with van der Waals surface area (Å²) in [7, 11) is 2.11. The van der Waals surface area contributed by atoms with Crippen molar-refractivity contribution in [3.05, 3.63) is 34.9 Å². The summed E-state index contributed by atoms with van der Waals surface area (Å²) in [5, 5.41) is 10.4. The third-order valence-corrected chi connectivity index (χ3v) is 5.53. The predicted molar refractivity (Wildman–Crippen MR) is 87.0 cm³/mol. The number of rotatable bonds is 3. The SMILES string of the molecule is CN1CCC2(CC1)CN(Cc1cccc(Cl)c1)C[C@@H]2C(=O)O. The fourth-order valence-electron chi connectivity index (χ4n) is 4.00. The minimum atomic E-state index is -0.641. The Kier molecular flexibility index (Phi) is 4.44. The summed E-state index contributed by atoms with van der Waals surface area (Å²) in [6.45, 7) is 4.29. The molecule has 2 saturated heterocycles. The van der Waals surface area contributed by atoms with Crippen LogP contribution in [0.1, 0.15) is 18.4 Å². The molecule has 120 valence electrons. The van der Waals surface area contributed by atoms with Crippen LogP contribution >= 0.6 is 11.6 Å². The molecule has 3 rings (SSSR count). The zero-order chi connectivity index (χ0) is 15.7. The Balaban J connectivity index is 1.74. The van der Waals surface area contributed by atoms with E-state index >= 15 is 0 Å². The maximum atomic E-state index is 11.7. The maximum absolute atomic E-state index is 11.7. The topological polar surface area (TPSA) is 43.8 Å². The van der Waals surface area contributed by atoms with Gasteiger partial charge in [0, 0.05) is 30.1 Å². The van der Waals surface area contributed by atoms with Crippen LogP contribution in [0, 0.1) is 11.3 Å². The predicted octanol–water partition coefficient (Wildman–Crippen LogP) is 2.57.